The fraction of sp³-hybridized carbons (Fsp3) is 0.800. The average molecular weight is 163 g/mol. The first-order valence-electron chi connectivity index (χ1n) is 2.89. The molecule has 0 radical (unpaired) electrons. The van der Waals surface area contributed by atoms with E-state index in [-0.39, 0.29) is 0 Å². The second-order valence-electron chi connectivity index (χ2n) is 2.56. The quantitative estimate of drug-likeness (QED) is 0.429. The highest BCUT2D eigenvalue weighted by molar-refractivity contribution is 5.68. The molecule has 64 valence electrons. The molecule has 6 heteroatoms. The van der Waals surface area contributed by atoms with E-state index >= 15 is 0 Å². The molecule has 0 aliphatic heterocycles. The van der Waals surface area contributed by atoms with Crippen molar-refractivity contribution in [1.29, 1.82) is 0 Å². The Labute approximate surface area is 62.6 Å². The van der Waals surface area contributed by atoms with E-state index in [9.17, 15) is 14.9 Å². The molecular weight excluding hydrogens is 154 g/mol. The minimum Gasteiger partial charge on any atom is -0.481 e. The molecule has 11 heavy (non-hydrogen) atoms. The lowest BCUT2D eigenvalue weighted by molar-refractivity contribution is -0.499. The summed E-state index contributed by atoms with van der Waals surface area (Å²) in [5.74, 6) is -1.25. The molecule has 0 heterocycles. The van der Waals surface area contributed by atoms with Crippen molar-refractivity contribution in [2.45, 2.75) is 18.9 Å². The SMILES string of the molecule is CC(O)(CC(=O)O)C[N+](=O)[O-]. The third-order valence-corrected chi connectivity index (χ3v) is 1.00. The van der Waals surface area contributed by atoms with E-state index in [0.29, 0.717) is 0 Å². The molecule has 2 N–H and O–H groups in total. The monoisotopic (exact) mass is 163 g/mol. The highest BCUT2D eigenvalue weighted by atomic mass is 16.6. The second-order valence-corrected chi connectivity index (χ2v) is 2.56. The number of carboxylic acids is 1. The van der Waals surface area contributed by atoms with Crippen molar-refractivity contribution >= 4 is 5.97 Å². The number of hydrogen-bond donors (Lipinski definition) is 2. The van der Waals surface area contributed by atoms with Gasteiger partial charge in [0.1, 0.15) is 5.60 Å². The van der Waals surface area contributed by atoms with Crippen LogP contribution in [-0.4, -0.2) is 33.3 Å². The normalized spacial score (nSPS) is 15.5. The van der Waals surface area contributed by atoms with Gasteiger partial charge in [-0.25, -0.2) is 0 Å². The van der Waals surface area contributed by atoms with Gasteiger partial charge in [0.25, 0.3) is 0 Å². The van der Waals surface area contributed by atoms with Gasteiger partial charge in [-0.1, -0.05) is 0 Å². The van der Waals surface area contributed by atoms with Crippen molar-refractivity contribution in [2.24, 2.45) is 0 Å². The number of aliphatic carboxylic acids is 1. The standard InChI is InChI=1S/C5H9NO5/c1-5(9,2-4(7)8)3-6(10)11/h9H,2-3H2,1H3,(H,7,8). The van der Waals surface area contributed by atoms with E-state index in [4.69, 9.17) is 10.2 Å². The molecular formula is C5H9NO5. The maximum Gasteiger partial charge on any atom is 0.306 e. The van der Waals surface area contributed by atoms with Crippen LogP contribution in [0.4, 0.5) is 0 Å². The predicted molar refractivity (Wildman–Crippen MR) is 34.7 cm³/mol. The van der Waals surface area contributed by atoms with Gasteiger partial charge in [-0.15, -0.1) is 0 Å². The number of hydrogen-bond acceptors (Lipinski definition) is 4. The largest absolute Gasteiger partial charge is 0.481 e. The molecule has 0 aliphatic carbocycles. The molecule has 0 aromatic heterocycles. The molecule has 0 rings (SSSR count). The number of rotatable bonds is 4. The molecule has 0 aliphatic rings. The third kappa shape index (κ3) is 5.28. The summed E-state index contributed by atoms with van der Waals surface area (Å²) in [5.41, 5.74) is -1.75. The van der Waals surface area contributed by atoms with Crippen molar-refractivity contribution in [3.05, 3.63) is 10.1 Å². The van der Waals surface area contributed by atoms with Gasteiger partial charge in [0.2, 0.25) is 6.54 Å². The molecule has 0 saturated carbocycles. The topological polar surface area (TPSA) is 101 Å². The smallest absolute Gasteiger partial charge is 0.306 e. The Balaban J connectivity index is 3.99. The van der Waals surface area contributed by atoms with E-state index in [0.717, 1.165) is 6.92 Å². The minimum atomic E-state index is -1.75. The lowest BCUT2D eigenvalue weighted by Crippen LogP contribution is -2.35. The molecule has 1 unspecified atom stereocenters. The van der Waals surface area contributed by atoms with Crippen LogP contribution in [0.1, 0.15) is 13.3 Å². The van der Waals surface area contributed by atoms with Crippen LogP contribution in [0, 0.1) is 10.1 Å². The van der Waals surface area contributed by atoms with Gasteiger partial charge in [-0.3, -0.25) is 14.9 Å². The van der Waals surface area contributed by atoms with Gasteiger partial charge < -0.3 is 10.2 Å². The van der Waals surface area contributed by atoms with Crippen LogP contribution in [-0.2, 0) is 4.79 Å². The summed E-state index contributed by atoms with van der Waals surface area (Å²) < 4.78 is 0. The van der Waals surface area contributed by atoms with Gasteiger partial charge in [0, 0.05) is 4.92 Å². The van der Waals surface area contributed by atoms with Gasteiger partial charge in [-0.2, -0.15) is 0 Å². The van der Waals surface area contributed by atoms with E-state index in [2.05, 4.69) is 0 Å². The molecule has 0 bridgehead atoms. The highest BCUT2D eigenvalue weighted by Gasteiger charge is 2.29. The van der Waals surface area contributed by atoms with Gasteiger partial charge in [-0.05, 0) is 6.92 Å². The molecule has 0 fully saturated rings. The molecule has 0 spiro atoms. The van der Waals surface area contributed by atoms with Crippen LogP contribution < -0.4 is 0 Å². The van der Waals surface area contributed by atoms with E-state index in [1.807, 2.05) is 0 Å². The number of nitrogens with zero attached hydrogens (tertiary/aromatic N) is 1. The van der Waals surface area contributed by atoms with Crippen molar-refractivity contribution in [3.8, 4) is 0 Å². The Morgan fingerprint density at radius 1 is 1.73 bits per heavy atom. The van der Waals surface area contributed by atoms with E-state index in [1.54, 1.807) is 0 Å². The molecule has 0 amide bonds. The predicted octanol–water partition coefficient (Wildman–Crippen LogP) is -0.511. The Morgan fingerprint density at radius 3 is 2.45 bits per heavy atom. The minimum absolute atomic E-state index is 0.617. The number of carboxylic acid groups (broad SMARTS) is 1. The van der Waals surface area contributed by atoms with E-state index in [1.165, 1.54) is 0 Å². The maximum atomic E-state index is 10.0. The van der Waals surface area contributed by atoms with Crippen molar-refractivity contribution in [3.63, 3.8) is 0 Å². The lowest BCUT2D eigenvalue weighted by Gasteiger charge is -2.14. The molecule has 0 aromatic carbocycles. The zero-order valence-corrected chi connectivity index (χ0v) is 5.98. The summed E-state index contributed by atoms with van der Waals surface area (Å²) in [6.45, 7) is 0.364. The zero-order valence-electron chi connectivity index (χ0n) is 5.98. The fourth-order valence-corrected chi connectivity index (χ4v) is 0.660. The molecule has 1 atom stereocenters. The second kappa shape index (κ2) is 3.29. The van der Waals surface area contributed by atoms with Gasteiger partial charge in [0.15, 0.2) is 0 Å². The van der Waals surface area contributed by atoms with Crippen molar-refractivity contribution in [2.75, 3.05) is 6.54 Å². The van der Waals surface area contributed by atoms with Crippen LogP contribution in [0.5, 0.6) is 0 Å². The Bertz CT molecular complexity index is 158. The Kier molecular flexibility index (Phi) is 2.94. The van der Waals surface area contributed by atoms with Crippen LogP contribution in [0.15, 0.2) is 0 Å². The van der Waals surface area contributed by atoms with Gasteiger partial charge >= 0.3 is 5.97 Å². The van der Waals surface area contributed by atoms with Crippen LogP contribution in [0.25, 0.3) is 0 Å². The number of nitro groups is 1. The Morgan fingerprint density at radius 2 is 2.18 bits per heavy atom. The fourth-order valence-electron chi connectivity index (χ4n) is 0.660. The first-order chi connectivity index (χ1) is 4.83. The first-order valence-corrected chi connectivity index (χ1v) is 2.89. The van der Waals surface area contributed by atoms with Gasteiger partial charge in [0.05, 0.1) is 6.42 Å². The summed E-state index contributed by atoms with van der Waals surface area (Å²) in [7, 11) is 0. The van der Waals surface area contributed by atoms with Crippen molar-refractivity contribution < 1.29 is 19.9 Å². The third-order valence-electron chi connectivity index (χ3n) is 1.00. The summed E-state index contributed by atoms with van der Waals surface area (Å²) in [4.78, 5) is 19.1. The summed E-state index contributed by atoms with van der Waals surface area (Å²) in [5, 5.41) is 27.1. The number of aliphatic hydroxyl groups is 1. The first kappa shape index (κ1) is 9.83. The lowest BCUT2D eigenvalue weighted by atomic mass is 10.0. The maximum absolute atomic E-state index is 10.0. The van der Waals surface area contributed by atoms with Crippen molar-refractivity contribution in [1.82, 2.24) is 0 Å². The summed E-state index contributed by atoms with van der Waals surface area (Å²) >= 11 is 0. The average Bonchev–Trinajstić information content (AvgIpc) is 1.53. The zero-order chi connectivity index (χ0) is 9.07. The van der Waals surface area contributed by atoms with Crippen LogP contribution in [0.2, 0.25) is 0 Å². The van der Waals surface area contributed by atoms with Crippen LogP contribution >= 0.6 is 0 Å². The highest BCUT2D eigenvalue weighted by Crippen LogP contribution is 2.08. The molecule has 0 aromatic rings. The summed E-state index contributed by atoms with van der Waals surface area (Å²) in [6, 6.07) is 0. The van der Waals surface area contributed by atoms with E-state index < -0.39 is 29.5 Å². The van der Waals surface area contributed by atoms with Crippen LogP contribution in [0.3, 0.4) is 0 Å². The molecule has 0 saturated heterocycles. The summed E-state index contributed by atoms with van der Waals surface area (Å²) in [6.07, 6.45) is -0.617. The molecule has 6 nitrogen and oxygen atoms in total. The Hall–Kier alpha value is -1.17. The number of carbonyl (C=O) groups is 1.